The minimum absolute atomic E-state index is 0.717. The molecule has 0 bridgehead atoms. The third-order valence-electron chi connectivity index (χ3n) is 2.76. The fourth-order valence-electron chi connectivity index (χ4n) is 1.60. The number of hydrogen-bond acceptors (Lipinski definition) is 1. The smallest absolute Gasteiger partial charge is 0.0138 e. The lowest BCUT2D eigenvalue weighted by molar-refractivity contribution is 0.577. The molecule has 0 saturated carbocycles. The zero-order valence-electron chi connectivity index (χ0n) is 10.9. The Morgan fingerprint density at radius 1 is 1.25 bits per heavy atom. The van der Waals surface area contributed by atoms with Gasteiger partial charge in [0.05, 0.1) is 0 Å². The van der Waals surface area contributed by atoms with Crippen molar-refractivity contribution in [2.24, 2.45) is 5.92 Å². The van der Waals surface area contributed by atoms with Gasteiger partial charge < -0.3 is 5.32 Å². The average molecular weight is 217 g/mol. The maximum atomic E-state index is 3.40. The second kappa shape index (κ2) is 6.49. The second-order valence-electron chi connectivity index (χ2n) is 4.74. The van der Waals surface area contributed by atoms with E-state index in [0.29, 0.717) is 5.92 Å². The van der Waals surface area contributed by atoms with Crippen LogP contribution in [0, 0.1) is 19.8 Å². The molecule has 0 aliphatic rings. The van der Waals surface area contributed by atoms with E-state index in [1.807, 2.05) is 0 Å². The van der Waals surface area contributed by atoms with Gasteiger partial charge >= 0.3 is 0 Å². The van der Waals surface area contributed by atoms with Crippen LogP contribution < -0.4 is 5.32 Å². The van der Waals surface area contributed by atoms with Crippen molar-refractivity contribution in [2.45, 2.75) is 27.7 Å². The van der Waals surface area contributed by atoms with E-state index >= 15 is 0 Å². The van der Waals surface area contributed by atoms with Crippen LogP contribution in [0.4, 0.5) is 0 Å². The summed E-state index contributed by atoms with van der Waals surface area (Å²) in [7, 11) is 0. The fourth-order valence-corrected chi connectivity index (χ4v) is 1.60. The summed E-state index contributed by atoms with van der Waals surface area (Å²) >= 11 is 0. The molecule has 0 spiro atoms. The van der Waals surface area contributed by atoms with Crippen molar-refractivity contribution in [1.29, 1.82) is 0 Å². The van der Waals surface area contributed by atoms with Gasteiger partial charge in [0.2, 0.25) is 0 Å². The average Bonchev–Trinajstić information content (AvgIpc) is 2.23. The quantitative estimate of drug-likeness (QED) is 0.744. The second-order valence-corrected chi connectivity index (χ2v) is 4.74. The van der Waals surface area contributed by atoms with Gasteiger partial charge in [-0.2, -0.15) is 0 Å². The predicted molar refractivity (Wildman–Crippen MR) is 72.7 cm³/mol. The van der Waals surface area contributed by atoms with Crippen LogP contribution in [0.25, 0.3) is 6.08 Å². The van der Waals surface area contributed by atoms with Crippen LogP contribution in [0.3, 0.4) is 0 Å². The van der Waals surface area contributed by atoms with Crippen molar-refractivity contribution in [3.8, 4) is 0 Å². The summed E-state index contributed by atoms with van der Waals surface area (Å²) in [5.74, 6) is 0.717. The summed E-state index contributed by atoms with van der Waals surface area (Å²) in [5.41, 5.74) is 4.06. The first-order valence-corrected chi connectivity index (χ1v) is 6.04. The Labute approximate surface area is 99.6 Å². The molecule has 0 fully saturated rings. The molecule has 0 aliphatic heterocycles. The molecule has 1 aromatic rings. The van der Waals surface area contributed by atoms with Gasteiger partial charge in [-0.05, 0) is 43.0 Å². The Morgan fingerprint density at radius 2 is 2.00 bits per heavy atom. The van der Waals surface area contributed by atoms with Crippen molar-refractivity contribution < 1.29 is 0 Å². The molecule has 0 atom stereocenters. The summed E-state index contributed by atoms with van der Waals surface area (Å²) in [6, 6.07) is 6.44. The van der Waals surface area contributed by atoms with Crippen molar-refractivity contribution in [2.75, 3.05) is 13.1 Å². The Kier molecular flexibility index (Phi) is 5.27. The molecular formula is C15H23N. The first-order chi connectivity index (χ1) is 7.61. The summed E-state index contributed by atoms with van der Waals surface area (Å²) in [4.78, 5) is 0. The summed E-state index contributed by atoms with van der Waals surface area (Å²) in [6.07, 6.45) is 4.40. The van der Waals surface area contributed by atoms with Gasteiger partial charge in [0.25, 0.3) is 0 Å². The normalized spacial score (nSPS) is 11.6. The molecule has 1 N–H and O–H groups in total. The molecule has 0 saturated heterocycles. The van der Waals surface area contributed by atoms with E-state index in [4.69, 9.17) is 0 Å². The van der Waals surface area contributed by atoms with Crippen LogP contribution in [-0.2, 0) is 0 Å². The summed E-state index contributed by atoms with van der Waals surface area (Å²) in [6.45, 7) is 10.8. The molecule has 0 amide bonds. The van der Waals surface area contributed by atoms with Gasteiger partial charge in [-0.1, -0.05) is 44.2 Å². The lowest BCUT2D eigenvalue weighted by Gasteiger charge is -2.05. The molecule has 0 aromatic heterocycles. The van der Waals surface area contributed by atoms with Crippen molar-refractivity contribution in [3.05, 3.63) is 41.0 Å². The van der Waals surface area contributed by atoms with Crippen LogP contribution in [0.5, 0.6) is 0 Å². The van der Waals surface area contributed by atoms with Crippen LogP contribution >= 0.6 is 0 Å². The van der Waals surface area contributed by atoms with Gasteiger partial charge in [-0.15, -0.1) is 0 Å². The zero-order chi connectivity index (χ0) is 12.0. The number of hydrogen-bond donors (Lipinski definition) is 1. The Morgan fingerprint density at radius 3 is 2.69 bits per heavy atom. The topological polar surface area (TPSA) is 12.0 Å². The van der Waals surface area contributed by atoms with Crippen LogP contribution in [0.2, 0.25) is 0 Å². The van der Waals surface area contributed by atoms with E-state index in [1.165, 1.54) is 16.7 Å². The molecule has 16 heavy (non-hydrogen) atoms. The molecule has 88 valence electrons. The predicted octanol–water partition coefficient (Wildman–Crippen LogP) is 3.56. The van der Waals surface area contributed by atoms with Crippen LogP contribution in [0.15, 0.2) is 24.3 Å². The monoisotopic (exact) mass is 217 g/mol. The summed E-state index contributed by atoms with van der Waals surface area (Å²) in [5, 5.41) is 3.40. The third-order valence-corrected chi connectivity index (χ3v) is 2.76. The van der Waals surface area contributed by atoms with E-state index < -0.39 is 0 Å². The van der Waals surface area contributed by atoms with Crippen LogP contribution in [0.1, 0.15) is 30.5 Å². The molecule has 0 aliphatic carbocycles. The standard InChI is InChI=1S/C15H23N/c1-12(2)11-16-10-6-9-15-8-5-7-13(3)14(15)4/h5-9,12,16H,10-11H2,1-4H3. The van der Waals surface area contributed by atoms with E-state index in [1.54, 1.807) is 0 Å². The number of aryl methyl sites for hydroxylation is 1. The van der Waals surface area contributed by atoms with Crippen molar-refractivity contribution >= 4 is 6.08 Å². The molecule has 1 heteroatoms. The largest absolute Gasteiger partial charge is 0.313 e. The Hall–Kier alpha value is -1.08. The van der Waals surface area contributed by atoms with E-state index in [-0.39, 0.29) is 0 Å². The molecule has 1 rings (SSSR count). The fraction of sp³-hybridized carbons (Fsp3) is 0.467. The van der Waals surface area contributed by atoms with E-state index in [9.17, 15) is 0 Å². The molecule has 1 aromatic carbocycles. The van der Waals surface area contributed by atoms with Gasteiger partial charge in [-0.25, -0.2) is 0 Å². The van der Waals surface area contributed by atoms with Gasteiger partial charge in [0.1, 0.15) is 0 Å². The highest BCUT2D eigenvalue weighted by molar-refractivity contribution is 5.55. The van der Waals surface area contributed by atoms with Gasteiger partial charge in [-0.3, -0.25) is 0 Å². The first-order valence-electron chi connectivity index (χ1n) is 6.04. The molecular weight excluding hydrogens is 194 g/mol. The van der Waals surface area contributed by atoms with E-state index in [2.05, 4.69) is 63.4 Å². The lowest BCUT2D eigenvalue weighted by atomic mass is 10.0. The number of rotatable bonds is 5. The zero-order valence-corrected chi connectivity index (χ0v) is 10.9. The molecule has 0 radical (unpaired) electrons. The van der Waals surface area contributed by atoms with Gasteiger partial charge in [0, 0.05) is 6.54 Å². The summed E-state index contributed by atoms with van der Waals surface area (Å²) < 4.78 is 0. The van der Waals surface area contributed by atoms with Gasteiger partial charge in [0.15, 0.2) is 0 Å². The molecule has 0 unspecified atom stereocenters. The number of benzene rings is 1. The SMILES string of the molecule is Cc1cccc(C=CCNCC(C)C)c1C. The maximum absolute atomic E-state index is 3.40. The Bertz CT molecular complexity index is 350. The van der Waals surface area contributed by atoms with Crippen molar-refractivity contribution in [1.82, 2.24) is 5.32 Å². The molecule has 0 heterocycles. The minimum atomic E-state index is 0.717. The number of nitrogens with one attached hydrogen (secondary N) is 1. The molecule has 1 nitrogen and oxygen atoms in total. The highest BCUT2D eigenvalue weighted by atomic mass is 14.8. The minimum Gasteiger partial charge on any atom is -0.313 e. The third kappa shape index (κ3) is 4.19. The van der Waals surface area contributed by atoms with Crippen molar-refractivity contribution in [3.63, 3.8) is 0 Å². The Balaban J connectivity index is 2.47. The van der Waals surface area contributed by atoms with Crippen LogP contribution in [-0.4, -0.2) is 13.1 Å². The highest BCUT2D eigenvalue weighted by Gasteiger charge is 1.96. The first kappa shape index (κ1) is 13.0. The maximum Gasteiger partial charge on any atom is 0.0138 e. The lowest BCUT2D eigenvalue weighted by Crippen LogP contribution is -2.19. The van der Waals surface area contributed by atoms with E-state index in [0.717, 1.165) is 13.1 Å². The highest BCUT2D eigenvalue weighted by Crippen LogP contribution is 2.13.